The monoisotopic (exact) mass is 334 g/mol. The lowest BCUT2D eigenvalue weighted by molar-refractivity contribution is -0.383. The Kier molecular flexibility index (Phi) is 4.36. The summed E-state index contributed by atoms with van der Waals surface area (Å²) in [5.74, 6) is -1.11. The summed E-state index contributed by atoms with van der Waals surface area (Å²) in [7, 11) is 0. The molecule has 0 spiro atoms. The molecular weight excluding hydrogens is 316 g/mol. The third kappa shape index (κ3) is 2.91. The molecule has 2 heterocycles. The summed E-state index contributed by atoms with van der Waals surface area (Å²) >= 11 is 0. The van der Waals surface area contributed by atoms with Crippen LogP contribution in [0.3, 0.4) is 0 Å². The van der Waals surface area contributed by atoms with Crippen molar-refractivity contribution in [1.29, 1.82) is 0 Å². The van der Waals surface area contributed by atoms with E-state index in [2.05, 4.69) is 9.88 Å². The van der Waals surface area contributed by atoms with Gasteiger partial charge in [0.05, 0.1) is 18.1 Å². The quantitative estimate of drug-likeness (QED) is 0.545. The number of benzene rings is 1. The number of nitrogens with zero attached hydrogens (tertiary/aromatic N) is 2. The van der Waals surface area contributed by atoms with Crippen LogP contribution in [0.15, 0.2) is 18.3 Å². The molecule has 0 radical (unpaired) electrons. The molecule has 9 nitrogen and oxygen atoms in total. The van der Waals surface area contributed by atoms with Gasteiger partial charge in [-0.3, -0.25) is 14.9 Å². The first kappa shape index (κ1) is 16.2. The predicted molar refractivity (Wildman–Crippen MR) is 87.3 cm³/mol. The fourth-order valence-electron chi connectivity index (χ4n) is 2.99. The molecule has 1 aromatic carbocycles. The van der Waals surface area contributed by atoms with Gasteiger partial charge >= 0.3 is 5.97 Å². The molecule has 9 heteroatoms. The Bertz CT molecular complexity index is 782. The van der Waals surface area contributed by atoms with Crippen LogP contribution in [0, 0.1) is 10.1 Å². The molecule has 3 rings (SSSR count). The number of morpholine rings is 1. The number of aromatic nitrogens is 1. The number of carboxylic acids is 1. The zero-order valence-corrected chi connectivity index (χ0v) is 12.9. The van der Waals surface area contributed by atoms with Gasteiger partial charge in [-0.25, -0.2) is 0 Å². The highest BCUT2D eigenvalue weighted by Crippen LogP contribution is 2.36. The Balaban J connectivity index is 2.12. The summed E-state index contributed by atoms with van der Waals surface area (Å²) < 4.78 is 5.35. The van der Waals surface area contributed by atoms with Crippen LogP contribution < -0.4 is 10.6 Å². The molecule has 1 fully saturated rings. The van der Waals surface area contributed by atoms with Gasteiger partial charge < -0.3 is 25.5 Å². The first-order valence-corrected chi connectivity index (χ1v) is 7.57. The first-order valence-electron chi connectivity index (χ1n) is 7.57. The average molecular weight is 334 g/mol. The van der Waals surface area contributed by atoms with Crippen molar-refractivity contribution in [3.63, 3.8) is 0 Å². The van der Waals surface area contributed by atoms with Crippen molar-refractivity contribution in [2.45, 2.75) is 12.5 Å². The Hall–Kier alpha value is -2.65. The zero-order chi connectivity index (χ0) is 17.3. The fourth-order valence-corrected chi connectivity index (χ4v) is 2.99. The predicted octanol–water partition coefficient (Wildman–Crippen LogP) is 0.867. The van der Waals surface area contributed by atoms with Gasteiger partial charge in [-0.1, -0.05) is 0 Å². The molecule has 2 aromatic rings. The number of H-pyrrole nitrogens is 1. The molecule has 128 valence electrons. The van der Waals surface area contributed by atoms with E-state index in [0.29, 0.717) is 42.8 Å². The van der Waals surface area contributed by atoms with Gasteiger partial charge in [0.1, 0.15) is 11.6 Å². The maximum Gasteiger partial charge on any atom is 0.320 e. The van der Waals surface area contributed by atoms with Crippen LogP contribution >= 0.6 is 0 Å². The van der Waals surface area contributed by atoms with Gasteiger partial charge in [0.25, 0.3) is 5.69 Å². The number of aromatic amines is 1. The zero-order valence-electron chi connectivity index (χ0n) is 12.9. The molecule has 1 saturated heterocycles. The number of rotatable bonds is 5. The van der Waals surface area contributed by atoms with E-state index in [1.54, 1.807) is 12.3 Å². The number of hydrogen-bond acceptors (Lipinski definition) is 6. The normalized spacial score (nSPS) is 16.3. The van der Waals surface area contributed by atoms with E-state index in [9.17, 15) is 14.9 Å². The third-order valence-electron chi connectivity index (χ3n) is 4.18. The number of nitro groups is 1. The number of carbonyl (C=O) groups is 1. The number of anilines is 1. The number of carboxylic acid groups (broad SMARTS) is 1. The van der Waals surface area contributed by atoms with Gasteiger partial charge in [-0.05, 0) is 11.6 Å². The van der Waals surface area contributed by atoms with Crippen molar-refractivity contribution in [3.8, 4) is 0 Å². The minimum atomic E-state index is -1.11. The summed E-state index contributed by atoms with van der Waals surface area (Å²) in [5.41, 5.74) is 7.47. The van der Waals surface area contributed by atoms with E-state index in [1.807, 2.05) is 0 Å². The lowest BCUT2D eigenvalue weighted by Crippen LogP contribution is -2.36. The summed E-state index contributed by atoms with van der Waals surface area (Å²) in [4.78, 5) is 26.9. The van der Waals surface area contributed by atoms with Crippen molar-refractivity contribution in [1.82, 2.24) is 4.98 Å². The minimum absolute atomic E-state index is 0.0443. The van der Waals surface area contributed by atoms with Crippen molar-refractivity contribution in [2.24, 2.45) is 5.73 Å². The van der Waals surface area contributed by atoms with Crippen LogP contribution in [0.5, 0.6) is 0 Å². The number of nitrogens with one attached hydrogen (secondary N) is 1. The number of fused-ring (bicyclic) bond motifs is 1. The van der Waals surface area contributed by atoms with Gasteiger partial charge in [0.15, 0.2) is 0 Å². The molecular formula is C15H18N4O5. The van der Waals surface area contributed by atoms with Crippen LogP contribution in [0.1, 0.15) is 5.56 Å². The van der Waals surface area contributed by atoms with E-state index in [1.165, 1.54) is 6.07 Å². The van der Waals surface area contributed by atoms with E-state index in [0.717, 1.165) is 5.69 Å². The summed E-state index contributed by atoms with van der Waals surface area (Å²) in [6.45, 7) is 2.49. The van der Waals surface area contributed by atoms with Crippen molar-refractivity contribution in [2.75, 3.05) is 31.2 Å². The highest BCUT2D eigenvalue weighted by molar-refractivity contribution is 6.00. The van der Waals surface area contributed by atoms with Crippen LogP contribution in [0.4, 0.5) is 11.4 Å². The van der Waals surface area contributed by atoms with E-state index >= 15 is 0 Å². The van der Waals surface area contributed by atoms with Crippen LogP contribution in [0.2, 0.25) is 0 Å². The Morgan fingerprint density at radius 2 is 2.17 bits per heavy atom. The Labute approximate surface area is 137 Å². The number of non-ortho nitro benzene ring substituents is 1. The lowest BCUT2D eigenvalue weighted by atomic mass is 10.0. The average Bonchev–Trinajstić information content (AvgIpc) is 2.98. The second-order valence-electron chi connectivity index (χ2n) is 5.67. The molecule has 4 N–H and O–H groups in total. The van der Waals surface area contributed by atoms with Crippen LogP contribution in [-0.4, -0.2) is 53.3 Å². The second-order valence-corrected chi connectivity index (χ2v) is 5.67. The van der Waals surface area contributed by atoms with Gasteiger partial charge in [0.2, 0.25) is 0 Å². The minimum Gasteiger partial charge on any atom is -0.480 e. The molecule has 0 saturated carbocycles. The Morgan fingerprint density at radius 3 is 2.79 bits per heavy atom. The lowest BCUT2D eigenvalue weighted by Gasteiger charge is -2.29. The number of nitro benzene ring substituents is 1. The fraction of sp³-hybridized carbons (Fsp3) is 0.400. The molecule has 24 heavy (non-hydrogen) atoms. The highest BCUT2D eigenvalue weighted by Gasteiger charge is 2.24. The van der Waals surface area contributed by atoms with E-state index in [4.69, 9.17) is 15.6 Å². The van der Waals surface area contributed by atoms with Crippen molar-refractivity contribution < 1.29 is 19.6 Å². The molecule has 0 bridgehead atoms. The maximum atomic E-state index is 11.3. The molecule has 1 aliphatic heterocycles. The number of ether oxygens (including phenoxy) is 1. The van der Waals surface area contributed by atoms with Gasteiger partial charge in [-0.2, -0.15) is 0 Å². The SMILES string of the molecule is N[C@@H](Cc1c[nH]c2c([N+](=O)[O-])ccc(N3CCOCC3)c12)C(=O)O. The molecule has 1 aliphatic rings. The largest absolute Gasteiger partial charge is 0.480 e. The molecule has 1 aromatic heterocycles. The number of nitrogens with two attached hydrogens (primary N) is 1. The molecule has 1 atom stereocenters. The second kappa shape index (κ2) is 6.46. The van der Waals surface area contributed by atoms with Crippen molar-refractivity contribution >= 4 is 28.2 Å². The van der Waals surface area contributed by atoms with Crippen molar-refractivity contribution in [3.05, 3.63) is 34.0 Å². The van der Waals surface area contributed by atoms with Crippen LogP contribution in [-0.2, 0) is 16.0 Å². The summed E-state index contributed by atoms with van der Waals surface area (Å²) in [5, 5.41) is 21.0. The maximum absolute atomic E-state index is 11.3. The van der Waals surface area contributed by atoms with Crippen LogP contribution in [0.25, 0.3) is 10.9 Å². The van der Waals surface area contributed by atoms with Gasteiger partial charge in [0, 0.05) is 42.8 Å². The molecule has 0 amide bonds. The standard InChI is InChI=1S/C15H18N4O5/c16-10(15(20)21)7-9-8-17-14-12(19(22)23)2-1-11(13(9)14)18-3-5-24-6-4-18/h1-2,8,10,17H,3-7,16H2,(H,20,21)/t10-/m0/s1. The van der Waals surface area contributed by atoms with E-state index < -0.39 is 16.9 Å². The van der Waals surface area contributed by atoms with Gasteiger partial charge in [-0.15, -0.1) is 0 Å². The summed E-state index contributed by atoms with van der Waals surface area (Å²) in [6, 6.07) is 2.10. The molecule has 0 aliphatic carbocycles. The molecule has 0 unspecified atom stereocenters. The van der Waals surface area contributed by atoms with E-state index in [-0.39, 0.29) is 12.1 Å². The first-order chi connectivity index (χ1) is 11.5. The summed E-state index contributed by atoms with van der Waals surface area (Å²) in [6.07, 6.45) is 1.69. The highest BCUT2D eigenvalue weighted by atomic mass is 16.6. The Morgan fingerprint density at radius 1 is 1.46 bits per heavy atom. The number of aliphatic carboxylic acids is 1. The smallest absolute Gasteiger partial charge is 0.320 e. The topological polar surface area (TPSA) is 135 Å². The third-order valence-corrected chi connectivity index (χ3v) is 4.18. The number of hydrogen-bond donors (Lipinski definition) is 3.